The molecule has 0 amide bonds. The first kappa shape index (κ1) is 12.1. The van der Waals surface area contributed by atoms with Crippen molar-refractivity contribution in [1.82, 2.24) is 10.1 Å². The van der Waals surface area contributed by atoms with Gasteiger partial charge in [-0.15, -0.1) is 11.8 Å². The Labute approximate surface area is 103 Å². The van der Waals surface area contributed by atoms with Gasteiger partial charge in [-0.2, -0.15) is 4.98 Å². The van der Waals surface area contributed by atoms with Gasteiger partial charge in [0.15, 0.2) is 5.82 Å². The number of rotatable bonds is 5. The minimum atomic E-state index is -0.225. The maximum Gasteiger partial charge on any atom is 0.237 e. The lowest BCUT2D eigenvalue weighted by atomic mass is 10.3. The molecule has 2 rings (SSSR count). The molecular weight excluding hydrogens is 239 g/mol. The standard InChI is InChI=1S/C12H13FN2OS/c1-2-3-11-14-12(16-15-11)8-17-10-6-4-9(13)5-7-10/h4-7H,2-3,8H2,1H3. The number of thioether (sulfide) groups is 1. The fraction of sp³-hybridized carbons (Fsp3) is 0.333. The van der Waals surface area contributed by atoms with E-state index in [4.69, 9.17) is 4.52 Å². The van der Waals surface area contributed by atoms with Gasteiger partial charge in [0.25, 0.3) is 0 Å². The van der Waals surface area contributed by atoms with Crippen LogP contribution in [0.5, 0.6) is 0 Å². The number of aromatic nitrogens is 2. The molecule has 1 heterocycles. The van der Waals surface area contributed by atoms with Crippen molar-refractivity contribution in [3.05, 3.63) is 41.8 Å². The summed E-state index contributed by atoms with van der Waals surface area (Å²) in [7, 11) is 0. The minimum Gasteiger partial charge on any atom is -0.338 e. The van der Waals surface area contributed by atoms with Crippen molar-refractivity contribution < 1.29 is 8.91 Å². The number of hydrogen-bond donors (Lipinski definition) is 0. The Bertz CT molecular complexity index is 470. The molecule has 0 unspecified atom stereocenters. The number of nitrogens with zero attached hydrogens (tertiary/aromatic N) is 2. The molecule has 3 nitrogen and oxygen atoms in total. The van der Waals surface area contributed by atoms with E-state index < -0.39 is 0 Å². The summed E-state index contributed by atoms with van der Waals surface area (Å²) in [5, 5.41) is 3.87. The Balaban J connectivity index is 1.90. The zero-order valence-corrected chi connectivity index (χ0v) is 10.3. The molecule has 0 aliphatic carbocycles. The molecule has 0 saturated heterocycles. The van der Waals surface area contributed by atoms with E-state index in [1.165, 1.54) is 12.1 Å². The first-order valence-corrected chi connectivity index (χ1v) is 6.46. The molecule has 0 aliphatic rings. The highest BCUT2D eigenvalue weighted by Gasteiger charge is 2.05. The summed E-state index contributed by atoms with van der Waals surface area (Å²) in [6, 6.07) is 6.37. The van der Waals surface area contributed by atoms with Crippen LogP contribution >= 0.6 is 11.8 Å². The van der Waals surface area contributed by atoms with Gasteiger partial charge >= 0.3 is 0 Å². The van der Waals surface area contributed by atoms with Crippen LogP contribution in [0.2, 0.25) is 0 Å². The fourth-order valence-corrected chi connectivity index (χ4v) is 2.09. The van der Waals surface area contributed by atoms with Crippen molar-refractivity contribution in [2.45, 2.75) is 30.4 Å². The van der Waals surface area contributed by atoms with E-state index in [1.54, 1.807) is 23.9 Å². The lowest BCUT2D eigenvalue weighted by molar-refractivity contribution is 0.384. The zero-order chi connectivity index (χ0) is 12.1. The lowest BCUT2D eigenvalue weighted by Gasteiger charge is -1.97. The van der Waals surface area contributed by atoms with Gasteiger partial charge in [0.2, 0.25) is 5.89 Å². The van der Waals surface area contributed by atoms with Gasteiger partial charge in [-0.25, -0.2) is 4.39 Å². The Kier molecular flexibility index (Phi) is 4.14. The third-order valence-electron chi connectivity index (χ3n) is 2.16. The second kappa shape index (κ2) is 5.82. The van der Waals surface area contributed by atoms with Gasteiger partial charge in [-0.05, 0) is 30.7 Å². The largest absolute Gasteiger partial charge is 0.338 e. The molecule has 0 atom stereocenters. The molecule has 2 aromatic rings. The van der Waals surface area contributed by atoms with Crippen LogP contribution in [0.4, 0.5) is 4.39 Å². The van der Waals surface area contributed by atoms with E-state index in [2.05, 4.69) is 17.1 Å². The molecule has 0 bridgehead atoms. The molecule has 5 heteroatoms. The SMILES string of the molecule is CCCc1noc(CSc2ccc(F)cc2)n1. The molecule has 0 fully saturated rings. The number of benzene rings is 1. The van der Waals surface area contributed by atoms with E-state index >= 15 is 0 Å². The molecule has 0 spiro atoms. The summed E-state index contributed by atoms with van der Waals surface area (Å²) in [4.78, 5) is 5.25. The lowest BCUT2D eigenvalue weighted by Crippen LogP contribution is -1.86. The Morgan fingerprint density at radius 3 is 2.76 bits per heavy atom. The van der Waals surface area contributed by atoms with E-state index in [0.717, 1.165) is 23.6 Å². The van der Waals surface area contributed by atoms with Gasteiger partial charge in [0.1, 0.15) is 5.82 Å². The maximum absolute atomic E-state index is 12.7. The summed E-state index contributed by atoms with van der Waals surface area (Å²) in [6.07, 6.45) is 1.84. The van der Waals surface area contributed by atoms with Crippen molar-refractivity contribution in [3.8, 4) is 0 Å². The summed E-state index contributed by atoms with van der Waals surface area (Å²) in [5.41, 5.74) is 0. The first-order chi connectivity index (χ1) is 8.28. The summed E-state index contributed by atoms with van der Waals surface area (Å²) >= 11 is 1.55. The van der Waals surface area contributed by atoms with E-state index in [1.807, 2.05) is 0 Å². The van der Waals surface area contributed by atoms with Gasteiger partial charge in [0.05, 0.1) is 5.75 Å². The molecule has 0 radical (unpaired) electrons. The molecule has 1 aromatic heterocycles. The molecule has 1 aromatic carbocycles. The second-order valence-corrected chi connectivity index (χ2v) is 4.65. The topological polar surface area (TPSA) is 38.9 Å². The highest BCUT2D eigenvalue weighted by atomic mass is 32.2. The monoisotopic (exact) mass is 252 g/mol. The highest BCUT2D eigenvalue weighted by molar-refractivity contribution is 7.98. The second-order valence-electron chi connectivity index (χ2n) is 3.60. The molecule has 0 aliphatic heterocycles. The van der Waals surface area contributed by atoms with Crippen molar-refractivity contribution in [2.75, 3.05) is 0 Å². The smallest absolute Gasteiger partial charge is 0.237 e. The van der Waals surface area contributed by atoms with Crippen LogP contribution in [0.25, 0.3) is 0 Å². The molecule has 17 heavy (non-hydrogen) atoms. The first-order valence-electron chi connectivity index (χ1n) is 5.47. The zero-order valence-electron chi connectivity index (χ0n) is 9.52. The molecule has 0 N–H and O–H groups in total. The average molecular weight is 252 g/mol. The number of hydrogen-bond acceptors (Lipinski definition) is 4. The van der Waals surface area contributed by atoms with Crippen LogP contribution in [-0.4, -0.2) is 10.1 Å². The van der Waals surface area contributed by atoms with Crippen LogP contribution in [0.1, 0.15) is 25.1 Å². The fourth-order valence-electron chi connectivity index (χ4n) is 1.35. The van der Waals surface area contributed by atoms with E-state index in [0.29, 0.717) is 11.6 Å². The average Bonchev–Trinajstić information content (AvgIpc) is 2.77. The van der Waals surface area contributed by atoms with Crippen molar-refractivity contribution in [3.63, 3.8) is 0 Å². The Hall–Kier alpha value is -1.36. The summed E-state index contributed by atoms with van der Waals surface area (Å²) in [6.45, 7) is 2.07. The van der Waals surface area contributed by atoms with Gasteiger partial charge in [0, 0.05) is 11.3 Å². The van der Waals surface area contributed by atoms with Gasteiger partial charge < -0.3 is 4.52 Å². The van der Waals surface area contributed by atoms with Crippen molar-refractivity contribution >= 4 is 11.8 Å². The minimum absolute atomic E-state index is 0.225. The predicted octanol–water partition coefficient (Wildman–Crippen LogP) is 3.45. The maximum atomic E-state index is 12.7. The van der Waals surface area contributed by atoms with E-state index in [9.17, 15) is 4.39 Å². The summed E-state index contributed by atoms with van der Waals surface area (Å²) in [5.74, 6) is 1.75. The van der Waals surface area contributed by atoms with Gasteiger partial charge in [-0.1, -0.05) is 12.1 Å². The number of aryl methyl sites for hydroxylation is 1. The Morgan fingerprint density at radius 2 is 2.06 bits per heavy atom. The van der Waals surface area contributed by atoms with Crippen molar-refractivity contribution in [1.29, 1.82) is 0 Å². The summed E-state index contributed by atoms with van der Waals surface area (Å²) < 4.78 is 17.8. The van der Waals surface area contributed by atoms with Crippen molar-refractivity contribution in [2.24, 2.45) is 0 Å². The molecule has 90 valence electrons. The quantitative estimate of drug-likeness (QED) is 0.764. The van der Waals surface area contributed by atoms with Crippen LogP contribution in [0.3, 0.4) is 0 Å². The normalized spacial score (nSPS) is 10.7. The van der Waals surface area contributed by atoms with Crippen LogP contribution in [0.15, 0.2) is 33.7 Å². The van der Waals surface area contributed by atoms with Crippen LogP contribution in [0, 0.1) is 5.82 Å². The number of halogens is 1. The predicted molar refractivity (Wildman–Crippen MR) is 64.3 cm³/mol. The van der Waals surface area contributed by atoms with Gasteiger partial charge in [-0.3, -0.25) is 0 Å². The Morgan fingerprint density at radius 1 is 1.29 bits per heavy atom. The van der Waals surface area contributed by atoms with E-state index in [-0.39, 0.29) is 5.82 Å². The van der Waals surface area contributed by atoms with Crippen LogP contribution in [-0.2, 0) is 12.2 Å². The third kappa shape index (κ3) is 3.56. The third-order valence-corrected chi connectivity index (χ3v) is 3.16. The molecule has 0 saturated carbocycles. The molecular formula is C12H13FN2OS. The van der Waals surface area contributed by atoms with Crippen LogP contribution < -0.4 is 0 Å². The highest BCUT2D eigenvalue weighted by Crippen LogP contribution is 2.22.